The van der Waals surface area contributed by atoms with Crippen LogP contribution < -0.4 is 0 Å². The number of imidazole rings is 1. The maximum absolute atomic E-state index is 10.5. The van der Waals surface area contributed by atoms with Crippen LogP contribution in [0.15, 0.2) is 36.9 Å². The first kappa shape index (κ1) is 12.3. The smallest absolute Gasteiger partial charge is 0.140 e. The molecule has 2 aromatic rings. The van der Waals surface area contributed by atoms with Gasteiger partial charge in [-0.2, -0.15) is 0 Å². The van der Waals surface area contributed by atoms with Gasteiger partial charge in [-0.25, -0.2) is 4.98 Å². The van der Waals surface area contributed by atoms with Crippen molar-refractivity contribution in [1.29, 1.82) is 0 Å². The molecule has 1 atom stereocenters. The first-order chi connectivity index (χ1) is 9.27. The van der Waals surface area contributed by atoms with Crippen LogP contribution in [0.5, 0.6) is 0 Å². The minimum absolute atomic E-state index is 0.390. The zero-order valence-corrected chi connectivity index (χ0v) is 10.7. The molecule has 0 bridgehead atoms. The zero-order chi connectivity index (χ0) is 13.1. The summed E-state index contributed by atoms with van der Waals surface area (Å²) in [5.74, 6) is 0.849. The Hall–Kier alpha value is -1.72. The van der Waals surface area contributed by atoms with Crippen LogP contribution in [-0.4, -0.2) is 38.5 Å². The molecular formula is C14H17N3O2. The van der Waals surface area contributed by atoms with Crippen molar-refractivity contribution in [1.82, 2.24) is 14.5 Å². The number of rotatable bonds is 3. The molecule has 1 N–H and O–H groups in total. The van der Waals surface area contributed by atoms with Crippen LogP contribution in [0.1, 0.15) is 12.8 Å². The van der Waals surface area contributed by atoms with Crippen LogP contribution in [0.25, 0.3) is 11.4 Å². The van der Waals surface area contributed by atoms with Crippen molar-refractivity contribution in [2.75, 3.05) is 13.2 Å². The van der Waals surface area contributed by atoms with E-state index in [1.807, 2.05) is 22.9 Å². The molecule has 1 fully saturated rings. The molecule has 5 nitrogen and oxygen atoms in total. The molecule has 0 radical (unpaired) electrons. The Kier molecular flexibility index (Phi) is 3.31. The minimum atomic E-state index is -0.791. The molecule has 19 heavy (non-hydrogen) atoms. The molecule has 0 unspecified atom stereocenters. The van der Waals surface area contributed by atoms with Gasteiger partial charge < -0.3 is 14.4 Å². The van der Waals surface area contributed by atoms with E-state index in [-0.39, 0.29) is 0 Å². The highest BCUT2D eigenvalue weighted by atomic mass is 16.5. The molecule has 1 aliphatic rings. The number of nitrogens with zero attached hydrogens (tertiary/aromatic N) is 3. The maximum atomic E-state index is 10.5. The van der Waals surface area contributed by atoms with Crippen molar-refractivity contribution in [3.8, 4) is 11.4 Å². The highest BCUT2D eigenvalue weighted by molar-refractivity contribution is 5.54. The summed E-state index contributed by atoms with van der Waals surface area (Å²) in [6.45, 7) is 1.63. The summed E-state index contributed by atoms with van der Waals surface area (Å²) >= 11 is 0. The monoisotopic (exact) mass is 259 g/mol. The van der Waals surface area contributed by atoms with Crippen molar-refractivity contribution in [3.63, 3.8) is 0 Å². The van der Waals surface area contributed by atoms with Gasteiger partial charge >= 0.3 is 0 Å². The molecule has 0 amide bonds. The van der Waals surface area contributed by atoms with Gasteiger partial charge in [-0.1, -0.05) is 0 Å². The van der Waals surface area contributed by atoms with Crippen LogP contribution in [0.3, 0.4) is 0 Å². The average molecular weight is 259 g/mol. The molecule has 5 heteroatoms. The topological polar surface area (TPSA) is 60.2 Å². The molecule has 1 aliphatic heterocycles. The lowest BCUT2D eigenvalue weighted by Crippen LogP contribution is -2.42. The summed E-state index contributed by atoms with van der Waals surface area (Å²) in [6.07, 6.45) is 8.79. The second kappa shape index (κ2) is 5.11. The largest absolute Gasteiger partial charge is 0.386 e. The van der Waals surface area contributed by atoms with Crippen molar-refractivity contribution in [2.45, 2.75) is 25.0 Å². The van der Waals surface area contributed by atoms with Gasteiger partial charge in [-0.05, 0) is 25.0 Å². The lowest BCUT2D eigenvalue weighted by atomic mass is 9.96. The number of pyridine rings is 1. The van der Waals surface area contributed by atoms with Gasteiger partial charge in [0.15, 0.2) is 0 Å². The lowest BCUT2D eigenvalue weighted by Gasteiger charge is -2.32. The van der Waals surface area contributed by atoms with E-state index in [9.17, 15) is 5.11 Å². The second-order valence-electron chi connectivity index (χ2n) is 5.00. The van der Waals surface area contributed by atoms with Crippen LogP contribution >= 0.6 is 0 Å². The summed E-state index contributed by atoms with van der Waals surface area (Å²) < 4.78 is 7.36. The summed E-state index contributed by atoms with van der Waals surface area (Å²) in [5, 5.41) is 10.5. The summed E-state index contributed by atoms with van der Waals surface area (Å²) in [4.78, 5) is 8.37. The third-order valence-electron chi connectivity index (χ3n) is 3.42. The van der Waals surface area contributed by atoms with Gasteiger partial charge in [-0.15, -0.1) is 0 Å². The van der Waals surface area contributed by atoms with Gasteiger partial charge in [0.2, 0.25) is 0 Å². The first-order valence-electron chi connectivity index (χ1n) is 6.49. The van der Waals surface area contributed by atoms with E-state index in [0.717, 1.165) is 30.8 Å². The molecular weight excluding hydrogens is 242 g/mol. The SMILES string of the molecule is O[C@@]1(Cn2ccnc2-c2ccncc2)CCCOC1. The molecule has 3 rings (SSSR count). The van der Waals surface area contributed by atoms with E-state index in [1.54, 1.807) is 18.6 Å². The van der Waals surface area contributed by atoms with Crippen LogP contribution in [0.4, 0.5) is 0 Å². The lowest BCUT2D eigenvalue weighted by molar-refractivity contribution is -0.0940. The molecule has 3 heterocycles. The third-order valence-corrected chi connectivity index (χ3v) is 3.42. The summed E-state index contributed by atoms with van der Waals surface area (Å²) in [5.41, 5.74) is 0.209. The number of aliphatic hydroxyl groups is 1. The number of aromatic nitrogens is 3. The van der Waals surface area contributed by atoms with Crippen molar-refractivity contribution in [2.24, 2.45) is 0 Å². The van der Waals surface area contributed by atoms with E-state index < -0.39 is 5.60 Å². The Bertz CT molecular complexity index is 533. The Morgan fingerprint density at radius 3 is 2.89 bits per heavy atom. The number of hydrogen-bond acceptors (Lipinski definition) is 4. The van der Waals surface area contributed by atoms with Crippen LogP contribution in [0, 0.1) is 0 Å². The van der Waals surface area contributed by atoms with Gasteiger partial charge in [0.25, 0.3) is 0 Å². The Labute approximate surface area is 111 Å². The van der Waals surface area contributed by atoms with E-state index in [4.69, 9.17) is 4.74 Å². The van der Waals surface area contributed by atoms with E-state index in [2.05, 4.69) is 9.97 Å². The fraction of sp³-hybridized carbons (Fsp3) is 0.429. The molecule has 2 aromatic heterocycles. The summed E-state index contributed by atoms with van der Waals surface area (Å²) in [7, 11) is 0. The fourth-order valence-corrected chi connectivity index (χ4v) is 2.48. The van der Waals surface area contributed by atoms with Gasteiger partial charge in [0.1, 0.15) is 11.4 Å². The quantitative estimate of drug-likeness (QED) is 0.907. The van der Waals surface area contributed by atoms with Crippen LogP contribution in [0.2, 0.25) is 0 Å². The maximum Gasteiger partial charge on any atom is 0.140 e. The predicted molar refractivity (Wildman–Crippen MR) is 70.5 cm³/mol. The highest BCUT2D eigenvalue weighted by Crippen LogP contribution is 2.24. The average Bonchev–Trinajstić information content (AvgIpc) is 2.88. The van der Waals surface area contributed by atoms with Crippen LogP contribution in [-0.2, 0) is 11.3 Å². The minimum Gasteiger partial charge on any atom is -0.386 e. The normalized spacial score (nSPS) is 23.4. The van der Waals surface area contributed by atoms with Crippen molar-refractivity contribution >= 4 is 0 Å². The third kappa shape index (κ3) is 2.67. The fourth-order valence-electron chi connectivity index (χ4n) is 2.48. The van der Waals surface area contributed by atoms with Crippen molar-refractivity contribution < 1.29 is 9.84 Å². The Morgan fingerprint density at radius 1 is 1.32 bits per heavy atom. The highest BCUT2D eigenvalue weighted by Gasteiger charge is 2.31. The Morgan fingerprint density at radius 2 is 2.16 bits per heavy atom. The van der Waals surface area contributed by atoms with Gasteiger partial charge in [0, 0.05) is 37.0 Å². The van der Waals surface area contributed by atoms with Gasteiger partial charge in [0.05, 0.1) is 13.2 Å². The van der Waals surface area contributed by atoms with Crippen molar-refractivity contribution in [3.05, 3.63) is 36.9 Å². The number of ether oxygens (including phenoxy) is 1. The van der Waals surface area contributed by atoms with E-state index >= 15 is 0 Å². The predicted octanol–water partition coefficient (Wildman–Crippen LogP) is 1.49. The first-order valence-corrected chi connectivity index (χ1v) is 6.49. The molecule has 0 aliphatic carbocycles. The standard InChI is InChI=1S/C14H17N3O2/c18-14(4-1-9-19-11-14)10-17-8-7-16-13(17)12-2-5-15-6-3-12/h2-3,5-8,18H,1,4,9-11H2/t14-/m1/s1. The second-order valence-corrected chi connectivity index (χ2v) is 5.00. The summed E-state index contributed by atoms with van der Waals surface area (Å²) in [6, 6.07) is 3.83. The Balaban J connectivity index is 1.84. The zero-order valence-electron chi connectivity index (χ0n) is 10.7. The molecule has 0 spiro atoms. The van der Waals surface area contributed by atoms with Gasteiger partial charge in [-0.3, -0.25) is 4.98 Å². The molecule has 0 aromatic carbocycles. The van der Waals surface area contributed by atoms with E-state index in [0.29, 0.717) is 13.2 Å². The van der Waals surface area contributed by atoms with E-state index in [1.165, 1.54) is 0 Å². The number of hydrogen-bond donors (Lipinski definition) is 1. The molecule has 1 saturated heterocycles. The molecule has 0 saturated carbocycles. The molecule has 100 valence electrons.